The highest BCUT2D eigenvalue weighted by atomic mass is 16.5. The van der Waals surface area contributed by atoms with E-state index in [0.717, 1.165) is 37.0 Å². The van der Waals surface area contributed by atoms with Crippen molar-refractivity contribution in [1.82, 2.24) is 16.0 Å². The normalized spacial score (nSPS) is 34.2. The number of nitrogens with one attached hydrogen (secondary N) is 3. The van der Waals surface area contributed by atoms with E-state index in [4.69, 9.17) is 4.74 Å². The molecule has 23 heavy (non-hydrogen) atoms. The van der Waals surface area contributed by atoms with Crippen molar-refractivity contribution < 1.29 is 14.3 Å². The molecule has 3 N–H and O–H groups in total. The van der Waals surface area contributed by atoms with Crippen molar-refractivity contribution >= 4 is 11.9 Å². The number of hydrogen-bond donors (Lipinski definition) is 3. The van der Waals surface area contributed by atoms with Crippen molar-refractivity contribution in [3.63, 3.8) is 0 Å². The number of carbonyl (C=O) groups is 2. The van der Waals surface area contributed by atoms with Crippen LogP contribution in [0.25, 0.3) is 0 Å². The minimum Gasteiger partial charge on any atom is -0.383 e. The van der Waals surface area contributed by atoms with E-state index in [1.54, 1.807) is 7.11 Å². The number of hydrogen-bond acceptors (Lipinski definition) is 3. The van der Waals surface area contributed by atoms with Gasteiger partial charge in [0.2, 0.25) is 5.91 Å². The average Bonchev–Trinajstić information content (AvgIpc) is 2.45. The van der Waals surface area contributed by atoms with Gasteiger partial charge in [-0.25, -0.2) is 4.79 Å². The smallest absolute Gasteiger partial charge is 0.315 e. The van der Waals surface area contributed by atoms with Crippen molar-refractivity contribution in [1.29, 1.82) is 0 Å². The number of methoxy groups -OCH3 is 1. The van der Waals surface area contributed by atoms with E-state index < -0.39 is 0 Å². The van der Waals surface area contributed by atoms with Gasteiger partial charge >= 0.3 is 6.03 Å². The van der Waals surface area contributed by atoms with Crippen LogP contribution in [0.3, 0.4) is 0 Å². The van der Waals surface area contributed by atoms with Gasteiger partial charge in [0.15, 0.2) is 0 Å². The highest BCUT2D eigenvalue weighted by Crippen LogP contribution is 2.55. The third-order valence-corrected chi connectivity index (χ3v) is 5.68. The van der Waals surface area contributed by atoms with Gasteiger partial charge in [-0.15, -0.1) is 0 Å². The topological polar surface area (TPSA) is 79.5 Å². The predicted octanol–water partition coefficient (Wildman–Crippen LogP) is 1.41. The first-order valence-corrected chi connectivity index (χ1v) is 8.90. The molecule has 0 spiro atoms. The molecule has 0 saturated heterocycles. The lowest BCUT2D eigenvalue weighted by atomic mass is 9.53. The molecule has 0 heterocycles. The van der Waals surface area contributed by atoms with Gasteiger partial charge in [-0.2, -0.15) is 0 Å². The zero-order chi connectivity index (χ0) is 16.3. The van der Waals surface area contributed by atoms with Crippen molar-refractivity contribution in [2.45, 2.75) is 50.5 Å². The van der Waals surface area contributed by atoms with Gasteiger partial charge in [0, 0.05) is 32.2 Å². The average molecular weight is 323 g/mol. The molecule has 4 rings (SSSR count). The first-order chi connectivity index (χ1) is 11.1. The van der Waals surface area contributed by atoms with Gasteiger partial charge in [0.1, 0.15) is 0 Å². The largest absolute Gasteiger partial charge is 0.383 e. The second kappa shape index (κ2) is 7.07. The molecule has 0 atom stereocenters. The Balaban J connectivity index is 1.37. The van der Waals surface area contributed by atoms with Gasteiger partial charge in [-0.05, 0) is 56.3 Å². The highest BCUT2D eigenvalue weighted by molar-refractivity contribution is 5.78. The van der Waals surface area contributed by atoms with E-state index in [1.807, 2.05) is 0 Å². The van der Waals surface area contributed by atoms with E-state index in [1.165, 1.54) is 19.3 Å². The summed E-state index contributed by atoms with van der Waals surface area (Å²) in [5.74, 6) is 2.38. The quantitative estimate of drug-likeness (QED) is 0.620. The molecule has 4 saturated carbocycles. The molecule has 0 aliphatic heterocycles. The fraction of sp³-hybridized carbons (Fsp3) is 0.882. The minimum absolute atomic E-state index is 0.0273. The Morgan fingerprint density at radius 1 is 1.00 bits per heavy atom. The summed E-state index contributed by atoms with van der Waals surface area (Å²) in [7, 11) is 1.60. The van der Waals surface area contributed by atoms with E-state index >= 15 is 0 Å². The Kier molecular flexibility index (Phi) is 5.09. The molecule has 0 aromatic heterocycles. The SMILES string of the molecule is COCCNC(=O)CCNC(=O)NC12CC3CC(CC(C3)C1)C2. The van der Waals surface area contributed by atoms with Crippen LogP contribution < -0.4 is 16.0 Å². The molecule has 3 amide bonds. The molecule has 0 aromatic carbocycles. The maximum Gasteiger partial charge on any atom is 0.315 e. The minimum atomic E-state index is -0.114. The highest BCUT2D eigenvalue weighted by Gasteiger charge is 2.51. The maximum absolute atomic E-state index is 12.2. The molecule has 130 valence electrons. The lowest BCUT2D eigenvalue weighted by molar-refractivity contribution is -0.121. The second-order valence-corrected chi connectivity index (χ2v) is 7.67. The fourth-order valence-electron chi connectivity index (χ4n) is 5.22. The van der Waals surface area contributed by atoms with Crippen LogP contribution in [-0.4, -0.2) is 44.3 Å². The van der Waals surface area contributed by atoms with E-state index in [9.17, 15) is 9.59 Å². The van der Waals surface area contributed by atoms with Gasteiger partial charge in [0.25, 0.3) is 0 Å². The van der Waals surface area contributed by atoms with Gasteiger partial charge in [-0.3, -0.25) is 4.79 Å². The second-order valence-electron chi connectivity index (χ2n) is 7.67. The molecule has 0 aromatic rings. The lowest BCUT2D eigenvalue weighted by Crippen LogP contribution is -2.61. The summed E-state index contributed by atoms with van der Waals surface area (Å²) in [4.78, 5) is 23.8. The Morgan fingerprint density at radius 2 is 1.61 bits per heavy atom. The number of carbonyl (C=O) groups excluding carboxylic acids is 2. The Morgan fingerprint density at radius 3 is 2.17 bits per heavy atom. The summed E-state index contributed by atoms with van der Waals surface area (Å²) in [5, 5.41) is 8.83. The molecule has 6 heteroatoms. The number of urea groups is 1. The van der Waals surface area contributed by atoms with Crippen LogP contribution in [0.2, 0.25) is 0 Å². The van der Waals surface area contributed by atoms with Crippen LogP contribution in [0.15, 0.2) is 0 Å². The van der Waals surface area contributed by atoms with Crippen molar-refractivity contribution in [2.24, 2.45) is 17.8 Å². The van der Waals surface area contributed by atoms with Crippen LogP contribution in [0.5, 0.6) is 0 Å². The fourth-order valence-corrected chi connectivity index (χ4v) is 5.22. The van der Waals surface area contributed by atoms with E-state index in [2.05, 4.69) is 16.0 Å². The molecule has 4 aliphatic carbocycles. The van der Waals surface area contributed by atoms with Crippen LogP contribution in [0, 0.1) is 17.8 Å². The number of rotatable bonds is 7. The Hall–Kier alpha value is -1.30. The molecular weight excluding hydrogens is 294 g/mol. The molecule has 0 radical (unpaired) electrons. The van der Waals surface area contributed by atoms with Crippen molar-refractivity contribution in [3.8, 4) is 0 Å². The summed E-state index contributed by atoms with van der Waals surface area (Å²) in [6.45, 7) is 1.39. The summed E-state index contributed by atoms with van der Waals surface area (Å²) in [5.41, 5.74) is 0.0273. The van der Waals surface area contributed by atoms with Gasteiger partial charge in [-0.1, -0.05) is 0 Å². The van der Waals surface area contributed by atoms with Gasteiger partial charge < -0.3 is 20.7 Å². The first-order valence-electron chi connectivity index (χ1n) is 8.90. The molecule has 4 aliphatic rings. The first kappa shape index (κ1) is 16.6. The zero-order valence-corrected chi connectivity index (χ0v) is 14.0. The third-order valence-electron chi connectivity index (χ3n) is 5.68. The third kappa shape index (κ3) is 4.16. The van der Waals surface area contributed by atoms with Crippen LogP contribution in [0.1, 0.15) is 44.9 Å². The van der Waals surface area contributed by atoms with Gasteiger partial charge in [0.05, 0.1) is 6.61 Å². The molecular formula is C17H29N3O3. The van der Waals surface area contributed by atoms with Crippen LogP contribution in [0.4, 0.5) is 4.79 Å². The standard InChI is InChI=1S/C17H29N3O3/c1-23-5-4-18-15(21)2-3-19-16(22)20-17-9-12-6-13(10-17)8-14(7-12)11-17/h12-14H,2-11H2,1H3,(H,18,21)(H2,19,20,22). The summed E-state index contributed by atoms with van der Waals surface area (Å²) >= 11 is 0. The molecule has 6 nitrogen and oxygen atoms in total. The molecule has 0 unspecified atom stereocenters. The van der Waals surface area contributed by atoms with E-state index in [0.29, 0.717) is 26.1 Å². The predicted molar refractivity (Wildman–Crippen MR) is 86.9 cm³/mol. The summed E-state index contributed by atoms with van der Waals surface area (Å²) in [6, 6.07) is -0.114. The summed E-state index contributed by atoms with van der Waals surface area (Å²) in [6.07, 6.45) is 7.83. The van der Waals surface area contributed by atoms with Crippen molar-refractivity contribution in [2.75, 3.05) is 26.8 Å². The van der Waals surface area contributed by atoms with Crippen LogP contribution >= 0.6 is 0 Å². The number of amides is 3. The zero-order valence-electron chi connectivity index (χ0n) is 14.0. The Labute approximate surface area is 138 Å². The Bertz CT molecular complexity index is 417. The number of ether oxygens (including phenoxy) is 1. The van der Waals surface area contributed by atoms with Crippen molar-refractivity contribution in [3.05, 3.63) is 0 Å². The van der Waals surface area contributed by atoms with Crippen LogP contribution in [-0.2, 0) is 9.53 Å². The molecule has 4 bridgehead atoms. The maximum atomic E-state index is 12.2. The van der Waals surface area contributed by atoms with E-state index in [-0.39, 0.29) is 17.5 Å². The molecule has 4 fully saturated rings. The lowest BCUT2D eigenvalue weighted by Gasteiger charge is -2.56. The monoisotopic (exact) mass is 323 g/mol. The summed E-state index contributed by atoms with van der Waals surface area (Å²) < 4.78 is 4.87.